The molecule has 1 N–H and O–H groups in total. The molecule has 2 aliphatic rings. The Hall–Kier alpha value is -2.63. The van der Waals surface area contributed by atoms with Crippen molar-refractivity contribution < 1.29 is 4.74 Å². The van der Waals surface area contributed by atoms with E-state index < -0.39 is 5.41 Å². The summed E-state index contributed by atoms with van der Waals surface area (Å²) < 4.78 is 5.64. The van der Waals surface area contributed by atoms with Crippen LogP contribution >= 0.6 is 11.8 Å². The Morgan fingerprint density at radius 2 is 2.17 bits per heavy atom. The molecule has 5 rings (SSSR count). The first-order valence-corrected chi connectivity index (χ1v) is 11.5. The highest BCUT2D eigenvalue weighted by atomic mass is 32.2. The molecule has 5 heterocycles. The molecule has 0 aliphatic carbocycles. The summed E-state index contributed by atoms with van der Waals surface area (Å²) in [5, 5.41) is 18.4. The van der Waals surface area contributed by atoms with Gasteiger partial charge in [0.25, 0.3) is 0 Å². The molecule has 3 aromatic rings. The number of nitrogens with one attached hydrogen (secondary N) is 1. The molecule has 2 fully saturated rings. The van der Waals surface area contributed by atoms with Gasteiger partial charge in [-0.05, 0) is 55.0 Å². The summed E-state index contributed by atoms with van der Waals surface area (Å²) in [5.74, 6) is 2.90. The number of thioether (sulfide) groups is 1. The van der Waals surface area contributed by atoms with Gasteiger partial charge in [-0.1, -0.05) is 0 Å². The molecule has 8 heteroatoms. The molecule has 3 aromatic heterocycles. The van der Waals surface area contributed by atoms with E-state index in [4.69, 9.17) is 9.72 Å². The molecule has 2 aliphatic heterocycles. The zero-order valence-electron chi connectivity index (χ0n) is 17.0. The van der Waals surface area contributed by atoms with Crippen LogP contribution < -0.4 is 4.90 Å². The number of pyridine rings is 2. The van der Waals surface area contributed by atoms with E-state index in [1.54, 1.807) is 6.20 Å². The van der Waals surface area contributed by atoms with Crippen molar-refractivity contribution >= 4 is 28.5 Å². The van der Waals surface area contributed by atoms with Crippen molar-refractivity contribution in [2.24, 2.45) is 0 Å². The van der Waals surface area contributed by atoms with Crippen LogP contribution in [0.15, 0.2) is 30.6 Å². The normalized spacial score (nSPS) is 21.5. The van der Waals surface area contributed by atoms with Crippen molar-refractivity contribution in [2.45, 2.75) is 31.2 Å². The van der Waals surface area contributed by atoms with Gasteiger partial charge in [-0.2, -0.15) is 22.1 Å². The molecule has 0 saturated carbocycles. The average molecular weight is 421 g/mol. The number of rotatable bonds is 3. The van der Waals surface area contributed by atoms with E-state index in [-0.39, 0.29) is 6.04 Å². The molecule has 30 heavy (non-hydrogen) atoms. The molecular formula is C22H24N6OS. The third-order valence-electron chi connectivity index (χ3n) is 6.21. The van der Waals surface area contributed by atoms with Crippen LogP contribution in [-0.2, 0) is 10.2 Å². The second-order valence-electron chi connectivity index (χ2n) is 7.98. The molecular weight excluding hydrogens is 396 g/mol. The van der Waals surface area contributed by atoms with Crippen LogP contribution in [0.1, 0.15) is 25.3 Å². The van der Waals surface area contributed by atoms with Crippen LogP contribution in [0.2, 0.25) is 0 Å². The topological polar surface area (TPSA) is 90.7 Å². The standard InChI is InChI=1S/C22H24N6OS/c1-15-13-29-9-8-28(15)19-12-17(22(14-23)4-10-30-11-5-22)16-2-6-24-21(20(16)26-19)18-3-7-25-27-18/h2-3,6-7,12,15H,4-5,8-11,13H2,1H3,(H,25,27)/t15-/m1/s1. The van der Waals surface area contributed by atoms with Crippen molar-refractivity contribution in [3.8, 4) is 17.5 Å². The Kier molecular flexibility index (Phi) is 5.09. The minimum Gasteiger partial charge on any atom is -0.377 e. The highest BCUT2D eigenvalue weighted by Crippen LogP contribution is 2.43. The summed E-state index contributed by atoms with van der Waals surface area (Å²) in [6.45, 7) is 4.30. The molecule has 0 bridgehead atoms. The Balaban J connectivity index is 1.77. The number of ether oxygens (including phenoxy) is 1. The monoisotopic (exact) mass is 420 g/mol. The molecule has 0 spiro atoms. The van der Waals surface area contributed by atoms with Crippen LogP contribution in [0, 0.1) is 11.3 Å². The van der Waals surface area contributed by atoms with Gasteiger partial charge in [-0.15, -0.1) is 0 Å². The first-order chi connectivity index (χ1) is 14.7. The van der Waals surface area contributed by atoms with Crippen LogP contribution in [0.4, 0.5) is 5.82 Å². The number of nitriles is 1. The van der Waals surface area contributed by atoms with Crippen molar-refractivity contribution in [3.63, 3.8) is 0 Å². The number of morpholine rings is 1. The minimum atomic E-state index is -0.497. The first-order valence-electron chi connectivity index (χ1n) is 10.4. The van der Waals surface area contributed by atoms with Crippen LogP contribution in [0.3, 0.4) is 0 Å². The fraction of sp³-hybridized carbons (Fsp3) is 0.455. The van der Waals surface area contributed by atoms with Gasteiger partial charge in [0.2, 0.25) is 0 Å². The number of fused-ring (bicyclic) bond motifs is 1. The number of H-pyrrole nitrogens is 1. The molecule has 7 nitrogen and oxygen atoms in total. The lowest BCUT2D eigenvalue weighted by molar-refractivity contribution is 0.0985. The second-order valence-corrected chi connectivity index (χ2v) is 9.20. The van der Waals surface area contributed by atoms with Gasteiger partial charge in [0, 0.05) is 24.3 Å². The van der Waals surface area contributed by atoms with E-state index in [9.17, 15) is 5.26 Å². The predicted octanol–water partition coefficient (Wildman–Crippen LogP) is 3.53. The first kappa shape index (κ1) is 19.3. The molecule has 154 valence electrons. The number of nitrogens with zero attached hydrogens (tertiary/aromatic N) is 5. The van der Waals surface area contributed by atoms with Crippen LogP contribution in [0.5, 0.6) is 0 Å². The van der Waals surface area contributed by atoms with E-state index >= 15 is 0 Å². The van der Waals surface area contributed by atoms with Crippen molar-refractivity contribution in [3.05, 3.63) is 36.2 Å². The van der Waals surface area contributed by atoms with E-state index in [0.29, 0.717) is 13.2 Å². The van der Waals surface area contributed by atoms with E-state index in [2.05, 4.69) is 39.1 Å². The van der Waals surface area contributed by atoms with Crippen molar-refractivity contribution in [2.75, 3.05) is 36.2 Å². The smallest absolute Gasteiger partial charge is 0.130 e. The molecule has 1 atom stereocenters. The maximum atomic E-state index is 10.3. The van der Waals surface area contributed by atoms with E-state index in [1.165, 1.54) is 0 Å². The molecule has 0 radical (unpaired) electrons. The summed E-state index contributed by atoms with van der Waals surface area (Å²) in [7, 11) is 0. The van der Waals surface area contributed by atoms with Gasteiger partial charge >= 0.3 is 0 Å². The van der Waals surface area contributed by atoms with Gasteiger partial charge in [0.05, 0.1) is 36.4 Å². The van der Waals surface area contributed by atoms with Crippen molar-refractivity contribution in [1.82, 2.24) is 20.2 Å². The zero-order chi connectivity index (χ0) is 20.6. The molecule has 0 aromatic carbocycles. The summed E-state index contributed by atoms with van der Waals surface area (Å²) in [5.41, 5.74) is 3.00. The number of hydrogen-bond acceptors (Lipinski definition) is 7. The quantitative estimate of drug-likeness (QED) is 0.693. The van der Waals surface area contributed by atoms with E-state index in [1.807, 2.05) is 30.1 Å². The Bertz CT molecular complexity index is 1090. The highest BCUT2D eigenvalue weighted by molar-refractivity contribution is 7.99. The number of aromatic nitrogens is 4. The van der Waals surface area contributed by atoms with Crippen molar-refractivity contribution in [1.29, 1.82) is 5.26 Å². The molecule has 0 unspecified atom stereocenters. The van der Waals surface area contributed by atoms with Gasteiger partial charge in [-0.3, -0.25) is 10.1 Å². The van der Waals surface area contributed by atoms with Gasteiger partial charge in [-0.25, -0.2) is 4.98 Å². The maximum Gasteiger partial charge on any atom is 0.130 e. The van der Waals surface area contributed by atoms with Gasteiger partial charge in [0.1, 0.15) is 17.0 Å². The average Bonchev–Trinajstić information content (AvgIpc) is 3.33. The van der Waals surface area contributed by atoms with Gasteiger partial charge < -0.3 is 9.64 Å². The Morgan fingerprint density at radius 3 is 2.90 bits per heavy atom. The third-order valence-corrected chi connectivity index (χ3v) is 7.19. The number of hydrogen-bond donors (Lipinski definition) is 1. The fourth-order valence-electron chi connectivity index (χ4n) is 4.49. The van der Waals surface area contributed by atoms with E-state index in [0.717, 1.165) is 64.6 Å². The summed E-state index contributed by atoms with van der Waals surface area (Å²) in [6, 6.07) is 8.99. The lowest BCUT2D eigenvalue weighted by atomic mass is 9.75. The second kappa shape index (κ2) is 7.89. The number of anilines is 1. The highest BCUT2D eigenvalue weighted by Gasteiger charge is 2.37. The minimum absolute atomic E-state index is 0.226. The van der Waals surface area contributed by atoms with Gasteiger partial charge in [0.15, 0.2) is 0 Å². The SMILES string of the molecule is C[C@@H]1COCCN1c1cc(C2(C#N)CCSCC2)c2ccnc(-c3ccn[nH]3)c2n1. The van der Waals surface area contributed by atoms with Crippen LogP contribution in [0.25, 0.3) is 22.3 Å². The molecule has 0 amide bonds. The Morgan fingerprint density at radius 1 is 1.30 bits per heavy atom. The number of aromatic amines is 1. The maximum absolute atomic E-state index is 10.3. The predicted molar refractivity (Wildman–Crippen MR) is 119 cm³/mol. The lowest BCUT2D eigenvalue weighted by Gasteiger charge is -2.36. The van der Waals surface area contributed by atoms with Crippen LogP contribution in [-0.4, -0.2) is 57.5 Å². The fourth-order valence-corrected chi connectivity index (χ4v) is 5.68. The third kappa shape index (κ3) is 3.22. The summed E-state index contributed by atoms with van der Waals surface area (Å²) in [4.78, 5) is 12.0. The summed E-state index contributed by atoms with van der Waals surface area (Å²) in [6.07, 6.45) is 5.24. The zero-order valence-corrected chi connectivity index (χ0v) is 17.8. The summed E-state index contributed by atoms with van der Waals surface area (Å²) >= 11 is 1.93. The largest absolute Gasteiger partial charge is 0.377 e. The lowest BCUT2D eigenvalue weighted by Crippen LogP contribution is -2.44. The molecule has 2 saturated heterocycles. The Labute approximate surface area is 179 Å².